The molecule has 1 saturated carbocycles. The minimum atomic E-state index is 0.568. The number of nitrogens with one attached hydrogen (secondary N) is 1. The van der Waals surface area contributed by atoms with Gasteiger partial charge in [-0.1, -0.05) is 12.2 Å². The smallest absolute Gasteiger partial charge is 0.133 e. The van der Waals surface area contributed by atoms with Crippen LogP contribution in [0.3, 0.4) is 0 Å². The molecule has 0 bridgehead atoms. The Hall–Kier alpha value is -1.68. The van der Waals surface area contributed by atoms with Crippen molar-refractivity contribution in [3.63, 3.8) is 0 Å². The van der Waals surface area contributed by atoms with Crippen LogP contribution in [0.25, 0.3) is 11.3 Å². The van der Waals surface area contributed by atoms with E-state index in [2.05, 4.69) is 22.1 Å². The number of nitrogens with zero attached hydrogens (tertiary/aromatic N) is 1. The SMILES string of the molecule is CCOc1ccc(-c2[nH]c(C3CC3)nc(=S)c2C)cc1. The van der Waals surface area contributed by atoms with Gasteiger partial charge in [-0.2, -0.15) is 0 Å². The third-order valence-electron chi connectivity index (χ3n) is 3.59. The number of aromatic amines is 1. The summed E-state index contributed by atoms with van der Waals surface area (Å²) in [6, 6.07) is 8.11. The molecule has 3 nitrogen and oxygen atoms in total. The van der Waals surface area contributed by atoms with E-state index in [1.54, 1.807) is 0 Å². The minimum absolute atomic E-state index is 0.568. The Labute approximate surface area is 124 Å². The number of hydrogen-bond donors (Lipinski definition) is 1. The van der Waals surface area contributed by atoms with Crippen molar-refractivity contribution in [1.82, 2.24) is 9.97 Å². The molecule has 1 fully saturated rings. The number of benzene rings is 1. The van der Waals surface area contributed by atoms with E-state index in [1.165, 1.54) is 12.8 Å². The molecule has 1 N–H and O–H groups in total. The van der Waals surface area contributed by atoms with Crippen molar-refractivity contribution in [3.05, 3.63) is 40.3 Å². The highest BCUT2D eigenvalue weighted by atomic mass is 32.1. The lowest BCUT2D eigenvalue weighted by atomic mass is 10.1. The molecule has 20 heavy (non-hydrogen) atoms. The van der Waals surface area contributed by atoms with Crippen LogP contribution < -0.4 is 4.74 Å². The molecule has 0 amide bonds. The summed E-state index contributed by atoms with van der Waals surface area (Å²) in [4.78, 5) is 7.97. The maximum absolute atomic E-state index is 5.48. The van der Waals surface area contributed by atoms with Crippen LogP contribution in [-0.4, -0.2) is 16.6 Å². The largest absolute Gasteiger partial charge is 0.494 e. The standard InChI is InChI=1S/C16H18N2OS/c1-3-19-13-8-6-11(7-9-13)14-10(2)16(20)18-15(17-14)12-4-5-12/h6-9,12H,3-5H2,1-2H3,(H,17,18,20). The molecule has 2 aromatic rings. The highest BCUT2D eigenvalue weighted by Crippen LogP contribution is 2.39. The maximum Gasteiger partial charge on any atom is 0.133 e. The highest BCUT2D eigenvalue weighted by molar-refractivity contribution is 7.71. The van der Waals surface area contributed by atoms with Gasteiger partial charge >= 0.3 is 0 Å². The highest BCUT2D eigenvalue weighted by Gasteiger charge is 2.26. The fraction of sp³-hybridized carbons (Fsp3) is 0.375. The van der Waals surface area contributed by atoms with Crippen molar-refractivity contribution in [3.8, 4) is 17.0 Å². The Kier molecular flexibility index (Phi) is 3.57. The van der Waals surface area contributed by atoms with Gasteiger partial charge in [-0.05, 0) is 56.5 Å². The lowest BCUT2D eigenvalue weighted by molar-refractivity contribution is 0.340. The number of hydrogen-bond acceptors (Lipinski definition) is 3. The van der Waals surface area contributed by atoms with E-state index in [4.69, 9.17) is 17.0 Å². The first kappa shape index (κ1) is 13.3. The van der Waals surface area contributed by atoms with Crippen LogP contribution in [0.15, 0.2) is 24.3 Å². The molecular weight excluding hydrogens is 268 g/mol. The lowest BCUT2D eigenvalue weighted by Crippen LogP contribution is -1.99. The van der Waals surface area contributed by atoms with Gasteiger partial charge in [0.25, 0.3) is 0 Å². The van der Waals surface area contributed by atoms with Crippen LogP contribution in [-0.2, 0) is 0 Å². The van der Waals surface area contributed by atoms with Crippen molar-refractivity contribution in [2.45, 2.75) is 32.6 Å². The molecule has 4 heteroatoms. The van der Waals surface area contributed by atoms with Crippen molar-refractivity contribution < 1.29 is 4.74 Å². The molecule has 1 aliphatic rings. The molecule has 0 saturated heterocycles. The lowest BCUT2D eigenvalue weighted by Gasteiger charge is -2.10. The first-order chi connectivity index (χ1) is 9.69. The van der Waals surface area contributed by atoms with Crippen LogP contribution >= 0.6 is 12.2 Å². The molecule has 0 spiro atoms. The average Bonchev–Trinajstić information content (AvgIpc) is 3.28. The van der Waals surface area contributed by atoms with Gasteiger partial charge in [0, 0.05) is 11.5 Å². The molecule has 0 atom stereocenters. The number of aromatic nitrogens is 2. The number of ether oxygens (including phenoxy) is 1. The van der Waals surface area contributed by atoms with E-state index in [1.807, 2.05) is 26.0 Å². The topological polar surface area (TPSA) is 37.9 Å². The van der Waals surface area contributed by atoms with E-state index in [-0.39, 0.29) is 0 Å². The zero-order chi connectivity index (χ0) is 14.1. The Morgan fingerprint density at radius 2 is 2.00 bits per heavy atom. The zero-order valence-electron chi connectivity index (χ0n) is 11.8. The predicted octanol–water partition coefficient (Wildman–Crippen LogP) is 4.39. The first-order valence-corrected chi connectivity index (χ1v) is 7.44. The van der Waals surface area contributed by atoms with E-state index in [0.717, 1.165) is 28.4 Å². The van der Waals surface area contributed by atoms with Crippen molar-refractivity contribution in [2.75, 3.05) is 6.61 Å². The van der Waals surface area contributed by atoms with Gasteiger partial charge < -0.3 is 9.72 Å². The van der Waals surface area contributed by atoms with Crippen LogP contribution in [0.1, 0.15) is 37.1 Å². The Morgan fingerprint density at radius 1 is 1.30 bits per heavy atom. The summed E-state index contributed by atoms with van der Waals surface area (Å²) in [6.45, 7) is 4.69. The van der Waals surface area contributed by atoms with Crippen LogP contribution in [0.5, 0.6) is 5.75 Å². The van der Waals surface area contributed by atoms with E-state index < -0.39 is 0 Å². The van der Waals surface area contributed by atoms with Gasteiger partial charge in [0.15, 0.2) is 0 Å². The minimum Gasteiger partial charge on any atom is -0.494 e. The zero-order valence-corrected chi connectivity index (χ0v) is 12.6. The summed E-state index contributed by atoms with van der Waals surface area (Å²) >= 11 is 5.39. The fourth-order valence-corrected chi connectivity index (χ4v) is 2.47. The van der Waals surface area contributed by atoms with Gasteiger partial charge in [0.1, 0.15) is 16.2 Å². The molecule has 3 rings (SSSR count). The predicted molar refractivity (Wildman–Crippen MR) is 82.7 cm³/mol. The second-order valence-electron chi connectivity index (χ2n) is 5.16. The van der Waals surface area contributed by atoms with E-state index in [0.29, 0.717) is 17.2 Å². The summed E-state index contributed by atoms with van der Waals surface area (Å²) in [7, 11) is 0. The number of H-pyrrole nitrogens is 1. The average molecular weight is 286 g/mol. The molecule has 0 aliphatic heterocycles. The van der Waals surface area contributed by atoms with Crippen molar-refractivity contribution in [2.24, 2.45) is 0 Å². The normalized spacial score (nSPS) is 14.3. The van der Waals surface area contributed by atoms with Gasteiger partial charge in [-0.15, -0.1) is 0 Å². The second kappa shape index (κ2) is 5.37. The molecule has 1 aromatic heterocycles. The Balaban J connectivity index is 2.01. The van der Waals surface area contributed by atoms with Gasteiger partial charge in [0.05, 0.1) is 12.3 Å². The van der Waals surface area contributed by atoms with E-state index >= 15 is 0 Å². The second-order valence-corrected chi connectivity index (χ2v) is 5.55. The third kappa shape index (κ3) is 2.61. The Bertz CT molecular complexity index is 672. The Morgan fingerprint density at radius 3 is 2.60 bits per heavy atom. The van der Waals surface area contributed by atoms with Crippen LogP contribution in [0.2, 0.25) is 0 Å². The van der Waals surface area contributed by atoms with Crippen molar-refractivity contribution >= 4 is 12.2 Å². The number of rotatable bonds is 4. The fourth-order valence-electron chi connectivity index (χ4n) is 2.27. The maximum atomic E-state index is 5.48. The van der Waals surface area contributed by atoms with Gasteiger partial charge in [-0.25, -0.2) is 4.98 Å². The molecule has 1 aromatic carbocycles. The molecular formula is C16H18N2OS. The molecule has 0 radical (unpaired) electrons. The molecule has 1 aliphatic carbocycles. The molecule has 1 heterocycles. The summed E-state index contributed by atoms with van der Waals surface area (Å²) < 4.78 is 6.18. The third-order valence-corrected chi connectivity index (χ3v) is 3.99. The molecule has 0 unspecified atom stereocenters. The first-order valence-electron chi connectivity index (χ1n) is 7.03. The summed E-state index contributed by atoms with van der Waals surface area (Å²) in [6.07, 6.45) is 2.42. The van der Waals surface area contributed by atoms with E-state index in [9.17, 15) is 0 Å². The summed E-state index contributed by atoms with van der Waals surface area (Å²) in [5.74, 6) is 2.49. The summed E-state index contributed by atoms with van der Waals surface area (Å²) in [5.41, 5.74) is 3.24. The van der Waals surface area contributed by atoms with Gasteiger partial charge in [0.2, 0.25) is 0 Å². The van der Waals surface area contributed by atoms with Gasteiger partial charge in [-0.3, -0.25) is 0 Å². The van der Waals surface area contributed by atoms with Crippen molar-refractivity contribution in [1.29, 1.82) is 0 Å². The monoisotopic (exact) mass is 286 g/mol. The van der Waals surface area contributed by atoms with Crippen LogP contribution in [0.4, 0.5) is 0 Å². The quantitative estimate of drug-likeness (QED) is 0.847. The summed E-state index contributed by atoms with van der Waals surface area (Å²) in [5, 5.41) is 0. The molecule has 104 valence electrons. The van der Waals surface area contributed by atoms with Crippen LogP contribution in [0, 0.1) is 11.6 Å².